The Kier molecular flexibility index (Phi) is 5.17. The van der Waals surface area contributed by atoms with E-state index >= 15 is 0 Å². The highest BCUT2D eigenvalue weighted by molar-refractivity contribution is 9.10. The molecule has 0 heterocycles. The van der Waals surface area contributed by atoms with E-state index in [-0.39, 0.29) is 5.57 Å². The zero-order valence-electron chi connectivity index (χ0n) is 11.5. The molecule has 22 heavy (non-hydrogen) atoms. The Morgan fingerprint density at radius 2 is 1.91 bits per heavy atom. The topological polar surface area (TPSA) is 90.9 Å². The summed E-state index contributed by atoms with van der Waals surface area (Å²) in [4.78, 5) is 12.0. The number of halogens is 1. The molecule has 2 aromatic carbocycles. The number of anilines is 3. The average molecular weight is 357 g/mol. The average Bonchev–Trinajstić information content (AvgIpc) is 2.50. The first-order valence-corrected chi connectivity index (χ1v) is 7.17. The Morgan fingerprint density at radius 1 is 1.18 bits per heavy atom. The molecule has 5 nitrogen and oxygen atoms in total. The van der Waals surface area contributed by atoms with E-state index in [2.05, 4.69) is 26.6 Å². The molecule has 0 atom stereocenters. The number of hydrogen-bond donors (Lipinski definition) is 3. The fraction of sp³-hybridized carbons (Fsp3) is 0. The molecule has 0 fully saturated rings. The second-order valence-corrected chi connectivity index (χ2v) is 5.32. The van der Waals surface area contributed by atoms with Gasteiger partial charge in [-0.05, 0) is 42.5 Å². The number of carbonyl (C=O) groups excluding carboxylic acids is 1. The molecule has 0 spiro atoms. The molecule has 1 amide bonds. The van der Waals surface area contributed by atoms with Gasteiger partial charge in [0, 0.05) is 27.7 Å². The van der Waals surface area contributed by atoms with E-state index in [1.807, 2.05) is 30.3 Å². The summed E-state index contributed by atoms with van der Waals surface area (Å²) >= 11 is 3.35. The maximum atomic E-state index is 12.0. The van der Waals surface area contributed by atoms with Crippen LogP contribution in [0.15, 0.2) is 64.8 Å². The van der Waals surface area contributed by atoms with Crippen LogP contribution in [-0.4, -0.2) is 5.91 Å². The maximum Gasteiger partial charge on any atom is 0.267 e. The number of benzene rings is 2. The fourth-order valence-corrected chi connectivity index (χ4v) is 2.05. The van der Waals surface area contributed by atoms with Crippen LogP contribution in [0.5, 0.6) is 0 Å². The van der Waals surface area contributed by atoms with E-state index in [0.29, 0.717) is 11.4 Å². The van der Waals surface area contributed by atoms with Gasteiger partial charge in [-0.3, -0.25) is 4.79 Å². The van der Waals surface area contributed by atoms with Crippen LogP contribution in [0.25, 0.3) is 0 Å². The SMILES string of the molecule is N#C/C(=C/Nc1cccc(Br)c1)C(=O)Nc1ccc(N)cc1. The third kappa shape index (κ3) is 4.36. The quantitative estimate of drug-likeness (QED) is 0.444. The lowest BCUT2D eigenvalue weighted by Gasteiger charge is -2.05. The van der Waals surface area contributed by atoms with Gasteiger partial charge in [0.1, 0.15) is 11.6 Å². The van der Waals surface area contributed by atoms with Crippen LogP contribution in [0.4, 0.5) is 17.1 Å². The van der Waals surface area contributed by atoms with E-state index in [0.717, 1.165) is 10.2 Å². The molecule has 4 N–H and O–H groups in total. The van der Waals surface area contributed by atoms with E-state index in [1.165, 1.54) is 6.20 Å². The largest absolute Gasteiger partial charge is 0.399 e. The van der Waals surface area contributed by atoms with Crippen molar-refractivity contribution in [1.82, 2.24) is 0 Å². The Bertz CT molecular complexity index is 747. The predicted molar refractivity (Wildman–Crippen MR) is 90.9 cm³/mol. The lowest BCUT2D eigenvalue weighted by Crippen LogP contribution is -2.14. The molecule has 2 aromatic rings. The summed E-state index contributed by atoms with van der Waals surface area (Å²) in [5, 5.41) is 14.7. The lowest BCUT2D eigenvalue weighted by atomic mass is 10.2. The molecular formula is C16H13BrN4O. The first kappa shape index (κ1) is 15.6. The number of nitrogen functional groups attached to an aromatic ring is 1. The Balaban J connectivity index is 2.07. The molecule has 6 heteroatoms. The molecule has 0 radical (unpaired) electrons. The summed E-state index contributed by atoms with van der Waals surface area (Å²) in [6.45, 7) is 0. The highest BCUT2D eigenvalue weighted by atomic mass is 79.9. The molecular weight excluding hydrogens is 344 g/mol. The molecule has 0 aliphatic rings. The second-order valence-electron chi connectivity index (χ2n) is 4.40. The lowest BCUT2D eigenvalue weighted by molar-refractivity contribution is -0.112. The fourth-order valence-electron chi connectivity index (χ4n) is 1.65. The smallest absolute Gasteiger partial charge is 0.267 e. The molecule has 0 bridgehead atoms. The van der Waals surface area contributed by atoms with Gasteiger partial charge in [-0.15, -0.1) is 0 Å². The van der Waals surface area contributed by atoms with Crippen molar-refractivity contribution in [2.75, 3.05) is 16.4 Å². The Labute approximate surface area is 136 Å². The molecule has 0 aliphatic carbocycles. The van der Waals surface area contributed by atoms with Crippen LogP contribution in [0, 0.1) is 11.3 Å². The first-order chi connectivity index (χ1) is 10.6. The minimum atomic E-state index is -0.491. The van der Waals surface area contributed by atoms with Gasteiger partial charge < -0.3 is 16.4 Å². The molecule has 2 rings (SSSR count). The van der Waals surface area contributed by atoms with Crippen LogP contribution in [0.3, 0.4) is 0 Å². The van der Waals surface area contributed by atoms with Crippen LogP contribution >= 0.6 is 15.9 Å². The minimum Gasteiger partial charge on any atom is -0.399 e. The third-order valence-electron chi connectivity index (χ3n) is 2.74. The number of nitrogens with zero attached hydrogens (tertiary/aromatic N) is 1. The normalized spacial score (nSPS) is 10.6. The zero-order chi connectivity index (χ0) is 15.9. The van der Waals surface area contributed by atoms with Crippen molar-refractivity contribution in [2.45, 2.75) is 0 Å². The van der Waals surface area contributed by atoms with Crippen molar-refractivity contribution in [3.63, 3.8) is 0 Å². The van der Waals surface area contributed by atoms with Crippen LogP contribution in [0.1, 0.15) is 0 Å². The van der Waals surface area contributed by atoms with Gasteiger partial charge in [-0.25, -0.2) is 0 Å². The van der Waals surface area contributed by atoms with Gasteiger partial charge in [-0.2, -0.15) is 5.26 Å². The monoisotopic (exact) mass is 356 g/mol. The molecule has 110 valence electrons. The van der Waals surface area contributed by atoms with Gasteiger partial charge in [0.25, 0.3) is 5.91 Å². The second kappa shape index (κ2) is 7.29. The highest BCUT2D eigenvalue weighted by Crippen LogP contribution is 2.16. The number of nitriles is 1. The van der Waals surface area contributed by atoms with Gasteiger partial charge >= 0.3 is 0 Å². The number of nitrogens with two attached hydrogens (primary N) is 1. The summed E-state index contributed by atoms with van der Waals surface area (Å²) in [6.07, 6.45) is 1.37. The van der Waals surface area contributed by atoms with Crippen LogP contribution in [0.2, 0.25) is 0 Å². The molecule has 0 aliphatic heterocycles. The van der Waals surface area contributed by atoms with Crippen molar-refractivity contribution in [3.05, 3.63) is 64.8 Å². The van der Waals surface area contributed by atoms with Gasteiger partial charge in [0.2, 0.25) is 0 Å². The standard InChI is InChI=1S/C16H13BrN4O/c17-12-2-1-3-15(8-12)20-10-11(9-18)16(22)21-14-6-4-13(19)5-7-14/h1-8,10,20H,19H2,(H,21,22)/b11-10-. The highest BCUT2D eigenvalue weighted by Gasteiger charge is 2.09. The van der Waals surface area contributed by atoms with Crippen molar-refractivity contribution in [3.8, 4) is 6.07 Å². The summed E-state index contributed by atoms with van der Waals surface area (Å²) in [7, 11) is 0. The van der Waals surface area contributed by atoms with E-state index in [1.54, 1.807) is 24.3 Å². The van der Waals surface area contributed by atoms with E-state index in [4.69, 9.17) is 11.0 Å². The first-order valence-electron chi connectivity index (χ1n) is 6.38. The van der Waals surface area contributed by atoms with Crippen LogP contribution in [-0.2, 0) is 4.79 Å². The minimum absolute atomic E-state index is 0.0307. The van der Waals surface area contributed by atoms with E-state index < -0.39 is 5.91 Å². The summed E-state index contributed by atoms with van der Waals surface area (Å²) in [5.74, 6) is -0.491. The summed E-state index contributed by atoms with van der Waals surface area (Å²) in [6, 6.07) is 15.9. The maximum absolute atomic E-state index is 12.0. The van der Waals surface area contributed by atoms with Crippen molar-refractivity contribution in [1.29, 1.82) is 5.26 Å². The third-order valence-corrected chi connectivity index (χ3v) is 3.23. The van der Waals surface area contributed by atoms with E-state index in [9.17, 15) is 4.79 Å². The molecule has 0 aromatic heterocycles. The molecule has 0 unspecified atom stereocenters. The Morgan fingerprint density at radius 3 is 2.55 bits per heavy atom. The van der Waals surface area contributed by atoms with Gasteiger partial charge in [-0.1, -0.05) is 22.0 Å². The Hall–Kier alpha value is -2.78. The van der Waals surface area contributed by atoms with Gasteiger partial charge in [0.05, 0.1) is 0 Å². The van der Waals surface area contributed by atoms with Gasteiger partial charge in [0.15, 0.2) is 0 Å². The number of nitrogens with one attached hydrogen (secondary N) is 2. The van der Waals surface area contributed by atoms with Crippen LogP contribution < -0.4 is 16.4 Å². The van der Waals surface area contributed by atoms with Crippen molar-refractivity contribution < 1.29 is 4.79 Å². The summed E-state index contributed by atoms with van der Waals surface area (Å²) in [5.41, 5.74) is 7.49. The van der Waals surface area contributed by atoms with Crippen molar-refractivity contribution >= 4 is 38.9 Å². The zero-order valence-corrected chi connectivity index (χ0v) is 13.1. The summed E-state index contributed by atoms with van der Waals surface area (Å²) < 4.78 is 0.899. The predicted octanol–water partition coefficient (Wildman–Crippen LogP) is 3.49. The number of rotatable bonds is 4. The van der Waals surface area contributed by atoms with Crippen molar-refractivity contribution in [2.24, 2.45) is 0 Å². The molecule has 0 saturated heterocycles. The number of hydrogen-bond acceptors (Lipinski definition) is 4. The number of amides is 1. The molecule has 0 saturated carbocycles. The number of carbonyl (C=O) groups is 1.